The first-order valence-corrected chi connectivity index (χ1v) is 15.0. The molecule has 0 fully saturated rings. The second kappa shape index (κ2) is 18.2. The van der Waals surface area contributed by atoms with Crippen LogP contribution in [0, 0.1) is 0 Å². The lowest BCUT2D eigenvalue weighted by Crippen LogP contribution is -2.30. The molecule has 8 nitrogen and oxygen atoms in total. The van der Waals surface area contributed by atoms with Crippen molar-refractivity contribution in [1.82, 2.24) is 5.32 Å². The first-order chi connectivity index (χ1) is 20.9. The van der Waals surface area contributed by atoms with Crippen molar-refractivity contribution in [2.24, 2.45) is 11.5 Å². The lowest BCUT2D eigenvalue weighted by Gasteiger charge is -2.13. The van der Waals surface area contributed by atoms with Crippen molar-refractivity contribution in [3.8, 4) is 0 Å². The molecule has 0 saturated heterocycles. The summed E-state index contributed by atoms with van der Waals surface area (Å²) in [6.45, 7) is 2.36. The van der Waals surface area contributed by atoms with Crippen LogP contribution >= 0.6 is 0 Å². The number of hydrogen-bond acceptors (Lipinski definition) is 7. The Bertz CT molecular complexity index is 1240. The normalized spacial score (nSPS) is 18.7. The summed E-state index contributed by atoms with van der Waals surface area (Å²) in [5.74, 6) is -0.353. The van der Waals surface area contributed by atoms with Gasteiger partial charge in [0, 0.05) is 26.3 Å². The van der Waals surface area contributed by atoms with E-state index in [0.29, 0.717) is 18.7 Å². The first kappa shape index (κ1) is 33.9. The van der Waals surface area contributed by atoms with E-state index in [0.717, 1.165) is 38.5 Å². The highest BCUT2D eigenvalue weighted by Gasteiger charge is 2.23. The summed E-state index contributed by atoms with van der Waals surface area (Å²) < 4.78 is 13.8. The number of nitrogens with two attached hydrogens (primary N) is 2. The summed E-state index contributed by atoms with van der Waals surface area (Å²) in [4.78, 5) is 21.7. The van der Waals surface area contributed by atoms with E-state index in [1.165, 1.54) is 47.6 Å². The number of rotatable bonds is 6. The van der Waals surface area contributed by atoms with Crippen molar-refractivity contribution in [1.29, 1.82) is 0 Å². The molecule has 3 aliphatic rings. The third-order valence-electron chi connectivity index (χ3n) is 7.67. The molecule has 232 valence electrons. The monoisotopic (exact) mass is 589 g/mol. The van der Waals surface area contributed by atoms with Crippen LogP contribution in [0.5, 0.6) is 0 Å². The van der Waals surface area contributed by atoms with E-state index in [1.54, 1.807) is 6.92 Å². The Morgan fingerprint density at radius 1 is 0.698 bits per heavy atom. The molecule has 3 aliphatic carbocycles. The van der Waals surface area contributed by atoms with Gasteiger partial charge in [-0.3, -0.25) is 4.79 Å². The number of esters is 1. The molecule has 0 heterocycles. The molecule has 0 aliphatic heterocycles. The second-order valence-corrected chi connectivity index (χ2v) is 10.7. The average molecular weight is 590 g/mol. The summed E-state index contributed by atoms with van der Waals surface area (Å²) in [6, 6.07) is 25.9. The number of ether oxygens (including phenoxy) is 3. The highest BCUT2D eigenvalue weighted by atomic mass is 16.6. The molecule has 0 radical (unpaired) electrons. The number of benzene rings is 3. The van der Waals surface area contributed by atoms with Gasteiger partial charge in [0.25, 0.3) is 0 Å². The molecule has 43 heavy (non-hydrogen) atoms. The maximum absolute atomic E-state index is 11.4. The molecular weight excluding hydrogens is 542 g/mol. The molecule has 0 aromatic heterocycles. The number of carbonyl (C=O) groups excluding carboxylic acids is 2. The topological polar surface area (TPSA) is 126 Å². The first-order valence-electron chi connectivity index (χ1n) is 15.0. The van der Waals surface area contributed by atoms with Crippen LogP contribution in [-0.2, 0) is 43.1 Å². The van der Waals surface area contributed by atoms with Gasteiger partial charge in [-0.15, -0.1) is 0 Å². The van der Waals surface area contributed by atoms with E-state index in [1.807, 2.05) is 12.1 Å². The van der Waals surface area contributed by atoms with Crippen LogP contribution in [0.2, 0.25) is 0 Å². The van der Waals surface area contributed by atoms with Crippen molar-refractivity contribution in [3.63, 3.8) is 0 Å². The molecular formula is C35H47N3O5. The highest BCUT2D eigenvalue weighted by Crippen LogP contribution is 2.31. The Labute approximate surface area is 256 Å². The van der Waals surface area contributed by atoms with Gasteiger partial charge in [-0.2, -0.15) is 0 Å². The van der Waals surface area contributed by atoms with Crippen molar-refractivity contribution in [2.75, 3.05) is 34.0 Å². The minimum absolute atomic E-state index is 0.0424. The van der Waals surface area contributed by atoms with Gasteiger partial charge in [-0.1, -0.05) is 72.8 Å². The Morgan fingerprint density at radius 3 is 1.60 bits per heavy atom. The lowest BCUT2D eigenvalue weighted by molar-refractivity contribution is -0.147. The van der Waals surface area contributed by atoms with Crippen molar-refractivity contribution < 1.29 is 23.8 Å². The van der Waals surface area contributed by atoms with Crippen LogP contribution in [0.3, 0.4) is 0 Å². The number of nitrogens with one attached hydrogen (secondary N) is 1. The predicted octanol–water partition coefficient (Wildman–Crippen LogP) is 4.90. The molecule has 1 unspecified atom stereocenters. The molecule has 3 aromatic carbocycles. The fourth-order valence-corrected chi connectivity index (χ4v) is 5.57. The zero-order valence-electron chi connectivity index (χ0n) is 25.7. The molecule has 8 heteroatoms. The van der Waals surface area contributed by atoms with Gasteiger partial charge >= 0.3 is 5.97 Å². The number of fused-ring (bicyclic) bond motifs is 3. The predicted molar refractivity (Wildman–Crippen MR) is 169 cm³/mol. The minimum Gasteiger partial charge on any atom is -0.464 e. The van der Waals surface area contributed by atoms with Gasteiger partial charge in [0.05, 0.1) is 12.6 Å². The molecule has 1 amide bonds. The quantitative estimate of drug-likeness (QED) is 0.349. The average Bonchev–Trinajstić information content (AvgIpc) is 3.72. The molecule has 0 saturated carbocycles. The van der Waals surface area contributed by atoms with E-state index >= 15 is 0 Å². The zero-order valence-corrected chi connectivity index (χ0v) is 25.7. The number of hydrogen-bond donors (Lipinski definition) is 3. The van der Waals surface area contributed by atoms with Crippen molar-refractivity contribution >= 4 is 11.9 Å². The van der Waals surface area contributed by atoms with E-state index in [4.69, 9.17) is 16.2 Å². The second-order valence-electron chi connectivity index (χ2n) is 10.7. The number of amides is 1. The molecule has 0 bridgehead atoms. The van der Waals surface area contributed by atoms with Crippen LogP contribution < -0.4 is 16.8 Å². The van der Waals surface area contributed by atoms with E-state index in [-0.39, 0.29) is 31.1 Å². The zero-order chi connectivity index (χ0) is 31.0. The Kier molecular flexibility index (Phi) is 14.3. The van der Waals surface area contributed by atoms with Crippen LogP contribution in [0.15, 0.2) is 72.8 Å². The standard InChI is InChI=1S/C12H15NO2.2C9H11N.C5H10O3/c1-15-8-12(14)13-11-7-6-9-4-2-3-5-10(9)11;2*10-9-6-5-7-3-1-2-4-8(7)9;1-3-8-5(6)4-7-2/h2-5,11H,6-8H2,1H3,(H,13,14);2*1-4,9H,5-6,10H2;3-4H2,1-2H3/t11-;9-;;/m10../s1. The summed E-state index contributed by atoms with van der Waals surface area (Å²) in [7, 11) is 2.99. The molecule has 5 N–H and O–H groups in total. The largest absolute Gasteiger partial charge is 0.464 e. The lowest BCUT2D eigenvalue weighted by atomic mass is 10.1. The summed E-state index contributed by atoms with van der Waals surface area (Å²) in [5.41, 5.74) is 19.9. The van der Waals surface area contributed by atoms with Gasteiger partial charge in [-0.25, -0.2) is 4.79 Å². The van der Waals surface area contributed by atoms with Crippen LogP contribution in [-0.4, -0.2) is 45.9 Å². The Balaban J connectivity index is 0.000000162. The third-order valence-corrected chi connectivity index (χ3v) is 7.67. The summed E-state index contributed by atoms with van der Waals surface area (Å²) in [5, 5.41) is 2.97. The maximum Gasteiger partial charge on any atom is 0.332 e. The number of carbonyl (C=O) groups is 2. The van der Waals surface area contributed by atoms with Gasteiger partial charge in [0.1, 0.15) is 13.2 Å². The van der Waals surface area contributed by atoms with Crippen LogP contribution in [0.1, 0.15) is 77.7 Å². The maximum atomic E-state index is 11.4. The van der Waals surface area contributed by atoms with E-state index < -0.39 is 0 Å². The summed E-state index contributed by atoms with van der Waals surface area (Å²) >= 11 is 0. The van der Waals surface area contributed by atoms with Gasteiger partial charge < -0.3 is 31.0 Å². The Morgan fingerprint density at radius 2 is 1.14 bits per heavy atom. The van der Waals surface area contributed by atoms with Gasteiger partial charge in [0.15, 0.2) is 0 Å². The van der Waals surface area contributed by atoms with Crippen molar-refractivity contribution in [2.45, 2.75) is 63.6 Å². The van der Waals surface area contributed by atoms with E-state index in [9.17, 15) is 9.59 Å². The summed E-state index contributed by atoms with van der Waals surface area (Å²) in [6.07, 6.45) is 6.62. The van der Waals surface area contributed by atoms with Crippen LogP contribution in [0.4, 0.5) is 0 Å². The third kappa shape index (κ3) is 10.6. The minimum atomic E-state index is -0.310. The number of aryl methyl sites for hydroxylation is 3. The fourth-order valence-electron chi connectivity index (χ4n) is 5.57. The van der Waals surface area contributed by atoms with Gasteiger partial charge in [-0.05, 0) is 78.8 Å². The van der Waals surface area contributed by atoms with Gasteiger partial charge in [0.2, 0.25) is 5.91 Å². The van der Waals surface area contributed by atoms with E-state index in [2.05, 4.69) is 75.5 Å². The van der Waals surface area contributed by atoms with Crippen molar-refractivity contribution in [3.05, 3.63) is 106 Å². The highest BCUT2D eigenvalue weighted by molar-refractivity contribution is 5.77. The van der Waals surface area contributed by atoms with Crippen LogP contribution in [0.25, 0.3) is 0 Å². The smallest absolute Gasteiger partial charge is 0.332 e. The number of methoxy groups -OCH3 is 2. The molecule has 3 atom stereocenters. The molecule has 0 spiro atoms. The fraction of sp³-hybridized carbons (Fsp3) is 0.429. The SMILES string of the molecule is CCOC(=O)COC.COCC(=O)N[C@@H]1CCc2ccccc21.NC1CCc2ccccc21.N[C@H]1CCc2ccccc21. The Hall–Kier alpha value is -3.56. The molecule has 3 aromatic rings. The molecule has 6 rings (SSSR count).